The molecule has 4 aromatic rings. The first-order valence-electron chi connectivity index (χ1n) is 9.10. The number of benzene rings is 3. The van der Waals surface area contributed by atoms with Gasteiger partial charge in [0.2, 0.25) is 0 Å². The van der Waals surface area contributed by atoms with Crippen molar-refractivity contribution in [1.29, 1.82) is 0 Å². The molecular formula is C25H18INO. The Kier molecular flexibility index (Phi) is 5.59. The largest absolute Gasteiger partial charge is 0.361 e. The van der Waals surface area contributed by atoms with E-state index in [0.29, 0.717) is 18.2 Å². The van der Waals surface area contributed by atoms with Crippen molar-refractivity contribution in [3.05, 3.63) is 115 Å². The molecule has 0 spiro atoms. The third-order valence-electron chi connectivity index (χ3n) is 4.63. The number of hydrogen-bond donors (Lipinski definition) is 1. The summed E-state index contributed by atoms with van der Waals surface area (Å²) in [5.74, 6) is 6.38. The minimum atomic E-state index is 0.0685. The molecular weight excluding hydrogens is 457 g/mol. The average molecular weight is 475 g/mol. The molecule has 28 heavy (non-hydrogen) atoms. The Balaban J connectivity index is 1.62. The van der Waals surface area contributed by atoms with Crippen LogP contribution < -0.4 is 5.43 Å². The molecule has 0 fully saturated rings. The van der Waals surface area contributed by atoms with E-state index >= 15 is 0 Å². The minimum absolute atomic E-state index is 0.0685. The fourth-order valence-corrected chi connectivity index (χ4v) is 3.50. The molecule has 0 saturated heterocycles. The third kappa shape index (κ3) is 4.35. The fraction of sp³-hybridized carbons (Fsp3) is 0.0800. The van der Waals surface area contributed by atoms with Crippen molar-refractivity contribution in [2.24, 2.45) is 0 Å². The lowest BCUT2D eigenvalue weighted by Gasteiger charge is -2.05. The summed E-state index contributed by atoms with van der Waals surface area (Å²) in [5, 5.41) is 0.689. The second kappa shape index (κ2) is 8.45. The molecule has 0 aliphatic carbocycles. The van der Waals surface area contributed by atoms with Crippen molar-refractivity contribution >= 4 is 33.5 Å². The van der Waals surface area contributed by atoms with Crippen LogP contribution in [0.25, 0.3) is 10.9 Å². The number of hydrogen-bond acceptors (Lipinski definition) is 1. The normalized spacial score (nSPS) is 10.5. The summed E-state index contributed by atoms with van der Waals surface area (Å²) < 4.78 is 1.19. The Morgan fingerprint density at radius 1 is 0.893 bits per heavy atom. The zero-order chi connectivity index (χ0) is 19.3. The lowest BCUT2D eigenvalue weighted by molar-refractivity contribution is 1.14. The van der Waals surface area contributed by atoms with E-state index in [0.717, 1.165) is 22.2 Å². The van der Waals surface area contributed by atoms with E-state index in [-0.39, 0.29) is 5.43 Å². The molecule has 0 atom stereocenters. The van der Waals surface area contributed by atoms with Crippen LogP contribution in [0.1, 0.15) is 22.3 Å². The highest BCUT2D eigenvalue weighted by Gasteiger charge is 2.07. The van der Waals surface area contributed by atoms with Crippen molar-refractivity contribution in [2.75, 3.05) is 0 Å². The van der Waals surface area contributed by atoms with Gasteiger partial charge in [0.15, 0.2) is 5.43 Å². The average Bonchev–Trinajstić information content (AvgIpc) is 2.73. The second-order valence-electron chi connectivity index (χ2n) is 6.67. The van der Waals surface area contributed by atoms with Gasteiger partial charge in [-0.15, -0.1) is 0 Å². The Bertz CT molecular complexity index is 1230. The van der Waals surface area contributed by atoms with Gasteiger partial charge in [0.25, 0.3) is 0 Å². The molecule has 0 bridgehead atoms. The maximum atomic E-state index is 13.0. The summed E-state index contributed by atoms with van der Waals surface area (Å²) >= 11 is 2.28. The van der Waals surface area contributed by atoms with Gasteiger partial charge in [-0.05, 0) is 64.0 Å². The van der Waals surface area contributed by atoms with E-state index in [1.54, 1.807) is 0 Å². The van der Waals surface area contributed by atoms with Crippen molar-refractivity contribution in [3.8, 4) is 11.8 Å². The zero-order valence-corrected chi connectivity index (χ0v) is 17.4. The highest BCUT2D eigenvalue weighted by molar-refractivity contribution is 14.1. The molecule has 1 N–H and O–H groups in total. The van der Waals surface area contributed by atoms with Crippen LogP contribution in [0.4, 0.5) is 0 Å². The Morgan fingerprint density at radius 3 is 2.46 bits per heavy atom. The molecule has 136 valence electrons. The summed E-state index contributed by atoms with van der Waals surface area (Å²) in [7, 11) is 0. The van der Waals surface area contributed by atoms with Crippen molar-refractivity contribution in [2.45, 2.75) is 12.8 Å². The van der Waals surface area contributed by atoms with Crippen LogP contribution >= 0.6 is 22.6 Å². The lowest BCUT2D eigenvalue weighted by Crippen LogP contribution is -2.10. The van der Waals surface area contributed by atoms with Crippen LogP contribution in [-0.4, -0.2) is 4.98 Å². The molecule has 3 heteroatoms. The van der Waals surface area contributed by atoms with Gasteiger partial charge in [-0.3, -0.25) is 4.79 Å². The van der Waals surface area contributed by atoms with E-state index in [2.05, 4.69) is 75.8 Å². The highest BCUT2D eigenvalue weighted by atomic mass is 127. The second-order valence-corrected chi connectivity index (χ2v) is 7.92. The molecule has 1 heterocycles. The predicted molar refractivity (Wildman–Crippen MR) is 124 cm³/mol. The summed E-state index contributed by atoms with van der Waals surface area (Å²) in [6.07, 6.45) is 3.14. The first-order chi connectivity index (χ1) is 13.7. The SMILES string of the molecule is O=c1c(Cc2ccc(I)cc2)c[nH]c2ccc(C#CCc3ccccc3)cc12. The number of fused-ring (bicyclic) bond motifs is 1. The monoisotopic (exact) mass is 475 g/mol. The number of aromatic amines is 1. The van der Waals surface area contributed by atoms with Crippen LogP contribution in [0.3, 0.4) is 0 Å². The van der Waals surface area contributed by atoms with Crippen molar-refractivity contribution < 1.29 is 0 Å². The molecule has 2 nitrogen and oxygen atoms in total. The van der Waals surface area contributed by atoms with Gasteiger partial charge in [0.05, 0.1) is 0 Å². The fourth-order valence-electron chi connectivity index (χ4n) is 3.14. The number of rotatable bonds is 3. The summed E-state index contributed by atoms with van der Waals surface area (Å²) in [6.45, 7) is 0. The molecule has 0 unspecified atom stereocenters. The van der Waals surface area contributed by atoms with Gasteiger partial charge < -0.3 is 4.98 Å². The molecule has 0 aliphatic heterocycles. The summed E-state index contributed by atoms with van der Waals surface area (Å²) in [6, 6.07) is 24.2. The zero-order valence-electron chi connectivity index (χ0n) is 15.2. The topological polar surface area (TPSA) is 32.9 Å². The number of nitrogens with one attached hydrogen (secondary N) is 1. The highest BCUT2D eigenvalue weighted by Crippen LogP contribution is 2.14. The molecule has 0 amide bonds. The van der Waals surface area contributed by atoms with Crippen LogP contribution in [0.5, 0.6) is 0 Å². The molecule has 1 aromatic heterocycles. The van der Waals surface area contributed by atoms with Crippen molar-refractivity contribution in [3.63, 3.8) is 0 Å². The van der Waals surface area contributed by atoms with Gasteiger partial charge in [0, 0.05) is 44.6 Å². The smallest absolute Gasteiger partial charge is 0.192 e. The number of aromatic nitrogens is 1. The third-order valence-corrected chi connectivity index (χ3v) is 5.35. The molecule has 0 saturated carbocycles. The summed E-state index contributed by atoms with van der Waals surface area (Å²) in [4.78, 5) is 16.2. The van der Waals surface area contributed by atoms with Gasteiger partial charge in [0.1, 0.15) is 0 Å². The van der Waals surface area contributed by atoms with Crippen molar-refractivity contribution in [1.82, 2.24) is 4.98 Å². The predicted octanol–water partition coefficient (Wildman–Crippen LogP) is 5.32. The Hall–Kier alpha value is -2.84. The maximum absolute atomic E-state index is 13.0. The van der Waals surface area contributed by atoms with Crippen LogP contribution in [0.2, 0.25) is 0 Å². The van der Waals surface area contributed by atoms with E-state index in [4.69, 9.17) is 0 Å². The van der Waals surface area contributed by atoms with E-state index in [1.807, 2.05) is 42.6 Å². The van der Waals surface area contributed by atoms with Crippen LogP contribution in [0, 0.1) is 15.4 Å². The molecule has 0 aliphatic rings. The summed E-state index contributed by atoms with van der Waals surface area (Å²) in [5.41, 5.74) is 4.85. The van der Waals surface area contributed by atoms with E-state index in [9.17, 15) is 4.79 Å². The lowest BCUT2D eigenvalue weighted by atomic mass is 10.0. The number of pyridine rings is 1. The first kappa shape index (κ1) is 18.5. The van der Waals surface area contributed by atoms with Gasteiger partial charge >= 0.3 is 0 Å². The standard InChI is InChI=1S/C25H18INO/c26-22-12-9-20(10-13-22)15-21-17-27-24-14-11-19(16-23(24)25(21)28)8-4-7-18-5-2-1-3-6-18/h1-3,5-6,9-14,16-17H,7,15H2,(H,27,28). The Morgan fingerprint density at radius 2 is 1.68 bits per heavy atom. The number of H-pyrrole nitrogens is 1. The Labute approximate surface area is 177 Å². The van der Waals surface area contributed by atoms with Crippen LogP contribution in [-0.2, 0) is 12.8 Å². The molecule has 0 radical (unpaired) electrons. The van der Waals surface area contributed by atoms with Crippen LogP contribution in [0.15, 0.2) is 83.8 Å². The number of halogens is 1. The minimum Gasteiger partial charge on any atom is -0.361 e. The first-order valence-corrected chi connectivity index (χ1v) is 10.2. The quantitative estimate of drug-likeness (QED) is 0.316. The van der Waals surface area contributed by atoms with Gasteiger partial charge in [-0.25, -0.2) is 0 Å². The van der Waals surface area contributed by atoms with Gasteiger partial charge in [-0.2, -0.15) is 0 Å². The maximum Gasteiger partial charge on any atom is 0.192 e. The van der Waals surface area contributed by atoms with E-state index < -0.39 is 0 Å². The van der Waals surface area contributed by atoms with Gasteiger partial charge in [-0.1, -0.05) is 54.3 Å². The molecule has 3 aromatic carbocycles. The van der Waals surface area contributed by atoms with E-state index in [1.165, 1.54) is 9.13 Å². The molecule has 4 rings (SSSR count).